The fraction of sp³-hybridized carbons (Fsp3) is 0.231. The number of carbonyl (C=O) groups is 1. The average molecular weight is 312 g/mol. The zero-order valence-electron chi connectivity index (χ0n) is 11.1. The van der Waals surface area contributed by atoms with Crippen molar-refractivity contribution in [3.05, 3.63) is 59.0 Å². The first kappa shape index (κ1) is 15.7. The molecule has 9 heteroatoms. The van der Waals surface area contributed by atoms with Gasteiger partial charge in [-0.3, -0.25) is 14.3 Å². The zero-order valence-corrected chi connectivity index (χ0v) is 11.1. The van der Waals surface area contributed by atoms with Crippen LogP contribution in [0.3, 0.4) is 0 Å². The van der Waals surface area contributed by atoms with E-state index in [9.17, 15) is 22.8 Å². The molecule has 0 fully saturated rings. The van der Waals surface area contributed by atoms with Crippen LogP contribution in [0, 0.1) is 0 Å². The third-order valence-corrected chi connectivity index (χ3v) is 2.75. The lowest BCUT2D eigenvalue weighted by Gasteiger charge is -2.21. The van der Waals surface area contributed by atoms with E-state index in [0.717, 1.165) is 10.8 Å². The van der Waals surface area contributed by atoms with Gasteiger partial charge in [-0.25, -0.2) is 9.78 Å². The third-order valence-electron chi connectivity index (χ3n) is 2.75. The van der Waals surface area contributed by atoms with E-state index in [2.05, 4.69) is 9.97 Å². The molecule has 0 spiro atoms. The van der Waals surface area contributed by atoms with E-state index in [4.69, 9.17) is 0 Å². The number of nitrogens with one attached hydrogen (secondary N) is 1. The summed E-state index contributed by atoms with van der Waals surface area (Å²) in [6.45, 7) is -0.556. The maximum atomic E-state index is 13.1. The highest BCUT2D eigenvalue weighted by molar-refractivity contribution is 5.76. The first-order chi connectivity index (χ1) is 10.4. The van der Waals surface area contributed by atoms with Gasteiger partial charge in [0.05, 0.1) is 0 Å². The summed E-state index contributed by atoms with van der Waals surface area (Å²) in [7, 11) is 0. The average Bonchev–Trinajstić information content (AvgIpc) is 2.47. The van der Waals surface area contributed by atoms with Crippen molar-refractivity contribution < 1.29 is 18.0 Å². The Morgan fingerprint density at radius 2 is 2.09 bits per heavy atom. The Labute approximate surface area is 122 Å². The molecule has 2 heterocycles. The minimum Gasteiger partial charge on any atom is -0.339 e. The second-order valence-corrected chi connectivity index (χ2v) is 4.36. The number of aromatic nitrogens is 3. The van der Waals surface area contributed by atoms with Gasteiger partial charge in [-0.1, -0.05) is 6.07 Å². The molecule has 22 heavy (non-hydrogen) atoms. The molecule has 1 amide bonds. The van der Waals surface area contributed by atoms with Crippen LogP contribution in [0.2, 0.25) is 0 Å². The number of rotatable bonds is 4. The lowest BCUT2D eigenvalue weighted by molar-refractivity contribution is -0.163. The molecule has 0 aliphatic carbocycles. The molecule has 0 bridgehead atoms. The molecule has 0 aliphatic rings. The van der Waals surface area contributed by atoms with Gasteiger partial charge in [0.25, 0.3) is 0 Å². The van der Waals surface area contributed by atoms with Crippen LogP contribution in [0.5, 0.6) is 0 Å². The minimum atomic E-state index is -4.68. The summed E-state index contributed by atoms with van der Waals surface area (Å²) in [5, 5.41) is 1.86. The van der Waals surface area contributed by atoms with Crippen LogP contribution in [-0.2, 0) is 11.3 Å². The van der Waals surface area contributed by atoms with Crippen molar-refractivity contribution in [3.8, 4) is 0 Å². The molecular weight excluding hydrogens is 301 g/mol. The van der Waals surface area contributed by atoms with E-state index < -0.39 is 30.4 Å². The standard InChI is InChI=1S/C13H11F3N4O2/c14-13(15,16)11(9-3-1-4-17-7-9)19-10(21)8-20-6-2-5-18-12(20)22/h1-7,11H,8H2,(H,19,21)/t11-/m1/s1. The summed E-state index contributed by atoms with van der Waals surface area (Å²) < 4.78 is 40.1. The highest BCUT2D eigenvalue weighted by Gasteiger charge is 2.42. The van der Waals surface area contributed by atoms with E-state index in [1.807, 2.05) is 5.32 Å². The van der Waals surface area contributed by atoms with Gasteiger partial charge in [0.15, 0.2) is 6.04 Å². The number of halogens is 3. The van der Waals surface area contributed by atoms with Crippen molar-refractivity contribution in [3.63, 3.8) is 0 Å². The number of hydrogen-bond acceptors (Lipinski definition) is 4. The van der Waals surface area contributed by atoms with E-state index in [1.54, 1.807) is 0 Å². The van der Waals surface area contributed by atoms with Crippen LogP contribution in [-0.4, -0.2) is 26.6 Å². The molecular formula is C13H11F3N4O2. The molecule has 6 nitrogen and oxygen atoms in total. The lowest BCUT2D eigenvalue weighted by atomic mass is 10.1. The van der Waals surface area contributed by atoms with Crippen LogP contribution in [0.15, 0.2) is 47.8 Å². The Hall–Kier alpha value is -2.71. The van der Waals surface area contributed by atoms with E-state index in [1.165, 1.54) is 36.8 Å². The third kappa shape index (κ3) is 3.90. The first-order valence-electron chi connectivity index (χ1n) is 6.15. The number of amides is 1. The quantitative estimate of drug-likeness (QED) is 0.916. The topological polar surface area (TPSA) is 76.9 Å². The highest BCUT2D eigenvalue weighted by atomic mass is 19.4. The van der Waals surface area contributed by atoms with Gasteiger partial charge in [0, 0.05) is 30.4 Å². The Balaban J connectivity index is 2.16. The second-order valence-electron chi connectivity index (χ2n) is 4.36. The molecule has 0 aliphatic heterocycles. The molecule has 0 unspecified atom stereocenters. The van der Waals surface area contributed by atoms with Crippen molar-refractivity contribution in [2.45, 2.75) is 18.8 Å². The van der Waals surface area contributed by atoms with Crippen LogP contribution in [0.1, 0.15) is 11.6 Å². The fourth-order valence-corrected chi connectivity index (χ4v) is 1.77. The second kappa shape index (κ2) is 6.37. The molecule has 0 saturated heterocycles. The number of pyridine rings is 1. The van der Waals surface area contributed by atoms with Crippen LogP contribution in [0.4, 0.5) is 13.2 Å². The van der Waals surface area contributed by atoms with Crippen molar-refractivity contribution in [1.29, 1.82) is 0 Å². The van der Waals surface area contributed by atoms with Crippen molar-refractivity contribution in [2.75, 3.05) is 0 Å². The summed E-state index contributed by atoms with van der Waals surface area (Å²) in [6, 6.07) is 1.76. The predicted molar refractivity (Wildman–Crippen MR) is 69.7 cm³/mol. The summed E-state index contributed by atoms with van der Waals surface area (Å²) >= 11 is 0. The number of carbonyl (C=O) groups excluding carboxylic acids is 1. The minimum absolute atomic E-state index is 0.193. The maximum absolute atomic E-state index is 13.1. The molecule has 0 radical (unpaired) electrons. The Morgan fingerprint density at radius 1 is 1.32 bits per heavy atom. The predicted octanol–water partition coefficient (Wildman–Crippen LogP) is 1.06. The molecule has 2 rings (SSSR count). The lowest BCUT2D eigenvalue weighted by Crippen LogP contribution is -2.41. The molecule has 1 atom stereocenters. The monoisotopic (exact) mass is 312 g/mol. The first-order valence-corrected chi connectivity index (χ1v) is 6.15. The van der Waals surface area contributed by atoms with Gasteiger partial charge in [-0.15, -0.1) is 0 Å². The summed E-state index contributed by atoms with van der Waals surface area (Å²) in [5.41, 5.74) is -0.913. The zero-order chi connectivity index (χ0) is 16.2. The molecule has 1 N–H and O–H groups in total. The van der Waals surface area contributed by atoms with E-state index in [0.29, 0.717) is 0 Å². The Morgan fingerprint density at radius 3 is 2.68 bits per heavy atom. The SMILES string of the molecule is O=C(Cn1cccnc1=O)N[C@H](c1cccnc1)C(F)(F)F. The van der Waals surface area contributed by atoms with Crippen LogP contribution < -0.4 is 11.0 Å². The number of alkyl halides is 3. The van der Waals surface area contributed by atoms with Gasteiger partial charge >= 0.3 is 11.9 Å². The van der Waals surface area contributed by atoms with Crippen molar-refractivity contribution >= 4 is 5.91 Å². The van der Waals surface area contributed by atoms with Crippen LogP contribution in [0.25, 0.3) is 0 Å². The summed E-state index contributed by atoms with van der Waals surface area (Å²) in [4.78, 5) is 30.1. The summed E-state index contributed by atoms with van der Waals surface area (Å²) in [6.07, 6.45) is 0.160. The molecule has 2 aromatic heterocycles. The number of nitrogens with zero attached hydrogens (tertiary/aromatic N) is 3. The number of hydrogen-bond donors (Lipinski definition) is 1. The maximum Gasteiger partial charge on any atom is 0.412 e. The molecule has 0 aromatic carbocycles. The smallest absolute Gasteiger partial charge is 0.339 e. The highest BCUT2D eigenvalue weighted by Crippen LogP contribution is 2.32. The molecule has 0 saturated carbocycles. The largest absolute Gasteiger partial charge is 0.412 e. The van der Waals surface area contributed by atoms with Gasteiger partial charge in [0.2, 0.25) is 5.91 Å². The van der Waals surface area contributed by atoms with Crippen molar-refractivity contribution in [1.82, 2.24) is 19.9 Å². The molecule has 2 aromatic rings. The fourth-order valence-electron chi connectivity index (χ4n) is 1.77. The van der Waals surface area contributed by atoms with Gasteiger partial charge in [0.1, 0.15) is 6.54 Å². The van der Waals surface area contributed by atoms with Crippen molar-refractivity contribution in [2.24, 2.45) is 0 Å². The normalized spacial score (nSPS) is 12.7. The Bertz CT molecular complexity index is 700. The molecule has 116 valence electrons. The van der Waals surface area contributed by atoms with Crippen LogP contribution >= 0.6 is 0 Å². The van der Waals surface area contributed by atoms with Gasteiger partial charge in [-0.2, -0.15) is 13.2 Å². The Kier molecular flexibility index (Phi) is 4.54. The van der Waals surface area contributed by atoms with E-state index >= 15 is 0 Å². The van der Waals surface area contributed by atoms with E-state index in [-0.39, 0.29) is 5.56 Å². The summed E-state index contributed by atoms with van der Waals surface area (Å²) in [5.74, 6) is -0.957. The van der Waals surface area contributed by atoms with Gasteiger partial charge < -0.3 is 5.32 Å². The van der Waals surface area contributed by atoms with Gasteiger partial charge in [-0.05, 0) is 12.1 Å².